The van der Waals surface area contributed by atoms with Crippen LogP contribution in [0.1, 0.15) is 50.5 Å². The molecule has 1 aromatic carbocycles. The number of aryl methyl sites for hydroxylation is 2. The number of nitrogens with zero attached hydrogens (tertiary/aromatic N) is 2. The molecule has 8 nitrogen and oxygen atoms in total. The van der Waals surface area contributed by atoms with Crippen LogP contribution in [-0.4, -0.2) is 29.9 Å². The first-order chi connectivity index (χ1) is 15.9. The van der Waals surface area contributed by atoms with Crippen LogP contribution < -0.4 is 22.0 Å². The van der Waals surface area contributed by atoms with E-state index >= 15 is 0 Å². The lowest BCUT2D eigenvalue weighted by molar-refractivity contribution is -0.140. The van der Waals surface area contributed by atoms with Crippen molar-refractivity contribution in [1.29, 1.82) is 0 Å². The van der Waals surface area contributed by atoms with Crippen LogP contribution in [0.4, 0.5) is 10.7 Å². The topological polar surface area (TPSA) is 123 Å². The van der Waals surface area contributed by atoms with Crippen molar-refractivity contribution < 1.29 is 14.3 Å². The van der Waals surface area contributed by atoms with Crippen molar-refractivity contribution >= 4 is 50.8 Å². The van der Waals surface area contributed by atoms with Crippen molar-refractivity contribution in [3.8, 4) is 0 Å². The number of thiophene rings is 1. The van der Waals surface area contributed by atoms with Crippen LogP contribution in [0.5, 0.6) is 0 Å². The van der Waals surface area contributed by atoms with Crippen molar-refractivity contribution in [3.63, 3.8) is 0 Å². The molecule has 10 heteroatoms. The van der Waals surface area contributed by atoms with Crippen molar-refractivity contribution in [3.05, 3.63) is 46.8 Å². The van der Waals surface area contributed by atoms with Crippen LogP contribution >= 0.6 is 23.1 Å². The lowest BCUT2D eigenvalue weighted by atomic mass is 10.00. The number of benzene rings is 1. The minimum Gasteiger partial charge on any atom is -0.466 e. The van der Waals surface area contributed by atoms with Gasteiger partial charge in [-0.15, -0.1) is 11.3 Å². The Morgan fingerprint density at radius 3 is 2.36 bits per heavy atom. The zero-order valence-electron chi connectivity index (χ0n) is 19.8. The van der Waals surface area contributed by atoms with E-state index < -0.39 is 0 Å². The highest BCUT2D eigenvalue weighted by Gasteiger charge is 2.13. The summed E-state index contributed by atoms with van der Waals surface area (Å²) < 4.78 is 4.40. The van der Waals surface area contributed by atoms with Gasteiger partial charge in [0, 0.05) is 18.2 Å². The average Bonchev–Trinajstić information content (AvgIpc) is 3.23. The van der Waals surface area contributed by atoms with Crippen LogP contribution in [0.15, 0.2) is 41.5 Å². The van der Waals surface area contributed by atoms with Gasteiger partial charge in [0.25, 0.3) is 0 Å². The predicted octanol–water partition coefficient (Wildman–Crippen LogP) is 4.50. The monoisotopic (exact) mass is 493 g/mol. The highest BCUT2D eigenvalue weighted by molar-refractivity contribution is 8.13. The number of ether oxygens (including phenoxy) is 1. The second kappa shape index (κ2) is 16.1. The number of thioether (sulfide) groups is 1. The highest BCUT2D eigenvalue weighted by atomic mass is 32.2. The average molecular weight is 494 g/mol. The molecule has 5 N–H and O–H groups in total. The molecule has 0 atom stereocenters. The molecule has 0 bridgehead atoms. The lowest BCUT2D eigenvalue weighted by Gasteiger charge is -2.17. The van der Waals surface area contributed by atoms with E-state index in [1.165, 1.54) is 59.8 Å². The Labute approximate surface area is 204 Å². The molecule has 2 aromatic rings. The Kier molecular flexibility index (Phi) is 13.9. The Morgan fingerprint density at radius 2 is 1.88 bits per heavy atom. The van der Waals surface area contributed by atoms with Crippen LogP contribution in [0.2, 0.25) is 0 Å². The summed E-state index contributed by atoms with van der Waals surface area (Å²) in [5.74, 6) is 10.8. The molecule has 0 aliphatic heterocycles. The summed E-state index contributed by atoms with van der Waals surface area (Å²) in [4.78, 5) is 22.5. The lowest BCUT2D eigenvalue weighted by Crippen LogP contribution is -2.36. The van der Waals surface area contributed by atoms with E-state index in [2.05, 4.69) is 21.2 Å². The minimum absolute atomic E-state index is 0.114. The molecule has 0 radical (unpaired) electrons. The Bertz CT molecular complexity index is 864. The fourth-order valence-corrected chi connectivity index (χ4v) is 4.47. The first-order valence-corrected chi connectivity index (χ1v) is 12.9. The van der Waals surface area contributed by atoms with Crippen LogP contribution in [0.3, 0.4) is 0 Å². The number of carbonyl (C=O) groups excluding carboxylic acids is 2. The molecule has 0 spiro atoms. The van der Waals surface area contributed by atoms with E-state index in [4.69, 9.17) is 11.7 Å². The number of nitrogens with one attached hydrogen (secondary N) is 1. The van der Waals surface area contributed by atoms with Gasteiger partial charge in [0.15, 0.2) is 0 Å². The van der Waals surface area contributed by atoms with Crippen LogP contribution in [-0.2, 0) is 27.2 Å². The number of hydrogen-bond donors (Lipinski definition) is 3. The molecular formula is C23H35N5O3S2. The molecule has 1 amide bonds. The number of hydrazone groups is 1. The minimum atomic E-state index is -0.211. The van der Waals surface area contributed by atoms with Gasteiger partial charge in [0.1, 0.15) is 0 Å². The molecule has 0 saturated carbocycles. The number of amidine groups is 1. The van der Waals surface area contributed by atoms with Gasteiger partial charge in [0.2, 0.25) is 11.1 Å². The van der Waals surface area contributed by atoms with Gasteiger partial charge in [0.05, 0.1) is 17.3 Å². The normalized spacial score (nSPS) is 12.2. The number of hydrazine groups is 1. The highest BCUT2D eigenvalue weighted by Crippen LogP contribution is 2.32. The second-order valence-corrected chi connectivity index (χ2v) is 8.82. The molecule has 3 rings (SSSR count). The third-order valence-electron chi connectivity index (χ3n) is 4.46. The molecule has 0 fully saturated rings. The van der Waals surface area contributed by atoms with Gasteiger partial charge in [-0.1, -0.05) is 36.9 Å². The molecule has 1 aromatic heterocycles. The summed E-state index contributed by atoms with van der Waals surface area (Å²) in [7, 11) is 0. The third-order valence-corrected chi connectivity index (χ3v) is 6.28. The quantitative estimate of drug-likeness (QED) is 0.188. The summed E-state index contributed by atoms with van der Waals surface area (Å²) in [6.07, 6.45) is 7.41. The zero-order valence-corrected chi connectivity index (χ0v) is 21.4. The number of esters is 1. The summed E-state index contributed by atoms with van der Waals surface area (Å²) in [6.45, 7) is 5.53. The van der Waals surface area contributed by atoms with Crippen molar-refractivity contribution in [2.75, 3.05) is 23.2 Å². The summed E-state index contributed by atoms with van der Waals surface area (Å²) in [6, 6.07) is 11.7. The number of carbonyl (C=O) groups is 2. The molecule has 182 valence electrons. The molecule has 0 saturated heterocycles. The van der Waals surface area contributed by atoms with Gasteiger partial charge >= 0.3 is 5.97 Å². The number of fused-ring (bicyclic) bond motifs is 1. The van der Waals surface area contributed by atoms with Crippen LogP contribution in [0.25, 0.3) is 0 Å². The maximum atomic E-state index is 11.2. The first kappa shape index (κ1) is 28.5. The number of para-hydroxylation sites is 1. The predicted molar refractivity (Wildman–Crippen MR) is 140 cm³/mol. The van der Waals surface area contributed by atoms with Crippen LogP contribution in [0, 0.1) is 0 Å². The molecule has 1 heterocycles. The van der Waals surface area contributed by atoms with E-state index in [0.717, 1.165) is 10.7 Å². The Morgan fingerprint density at radius 1 is 1.21 bits per heavy atom. The van der Waals surface area contributed by atoms with Gasteiger partial charge in [-0.25, -0.2) is 5.84 Å². The summed E-state index contributed by atoms with van der Waals surface area (Å²) >= 11 is 3.15. The SMILES string of the molecule is CCC(=O)Nc1cc2c(s1)CCCC2.CCOC(C)=O.CS/C(=N/N)N(N)c1ccccc1. The largest absolute Gasteiger partial charge is 0.466 e. The fraction of sp³-hybridized carbons (Fsp3) is 0.435. The van der Waals surface area contributed by atoms with E-state index in [-0.39, 0.29) is 11.9 Å². The number of amides is 1. The Hall–Kier alpha value is -2.56. The number of nitrogens with two attached hydrogens (primary N) is 2. The number of anilines is 2. The first-order valence-electron chi connectivity index (χ1n) is 10.8. The van der Waals surface area contributed by atoms with E-state index in [1.54, 1.807) is 18.3 Å². The van der Waals surface area contributed by atoms with E-state index in [0.29, 0.717) is 18.2 Å². The molecule has 1 aliphatic carbocycles. The fourth-order valence-electron chi connectivity index (χ4n) is 2.89. The van der Waals surface area contributed by atoms with Crippen molar-refractivity contribution in [1.82, 2.24) is 0 Å². The molecule has 0 unspecified atom stereocenters. The van der Waals surface area contributed by atoms with Gasteiger partial charge in [-0.3, -0.25) is 14.6 Å². The maximum absolute atomic E-state index is 11.2. The smallest absolute Gasteiger partial charge is 0.302 e. The van der Waals surface area contributed by atoms with E-state index in [1.807, 2.05) is 43.5 Å². The molecular weight excluding hydrogens is 458 g/mol. The van der Waals surface area contributed by atoms with Crippen molar-refractivity contribution in [2.45, 2.75) is 52.9 Å². The standard InChI is InChI=1S/C11H15NOS.C8H12N4S.C4H8O2/c1-2-10(13)12-11-7-8-5-3-4-6-9(8)14-11;1-13-8(11-9)12(10)7-5-3-2-4-6-7;1-3-6-4(2)5/h7H,2-6H2,1H3,(H,12,13);2-6H,9-10H2,1H3;3H2,1-2H3/b;11-8+;. The zero-order chi connectivity index (χ0) is 24.6. The van der Waals surface area contributed by atoms with Gasteiger partial charge in [-0.2, -0.15) is 5.10 Å². The summed E-state index contributed by atoms with van der Waals surface area (Å²) in [5.41, 5.74) is 2.31. The number of rotatable bonds is 4. The summed E-state index contributed by atoms with van der Waals surface area (Å²) in [5, 5.41) is 9.55. The van der Waals surface area contributed by atoms with E-state index in [9.17, 15) is 9.59 Å². The van der Waals surface area contributed by atoms with Gasteiger partial charge in [-0.05, 0) is 62.6 Å². The molecule has 1 aliphatic rings. The second-order valence-electron chi connectivity index (χ2n) is 6.91. The third kappa shape index (κ3) is 10.7. The van der Waals surface area contributed by atoms with Crippen molar-refractivity contribution in [2.24, 2.45) is 16.8 Å². The maximum Gasteiger partial charge on any atom is 0.302 e. The van der Waals surface area contributed by atoms with Gasteiger partial charge < -0.3 is 15.9 Å². The number of hydrogen-bond acceptors (Lipinski definition) is 8. The molecule has 33 heavy (non-hydrogen) atoms. The Balaban J connectivity index is 0.000000268.